The van der Waals surface area contributed by atoms with Gasteiger partial charge in [0, 0.05) is 19.7 Å². The lowest BCUT2D eigenvalue weighted by molar-refractivity contribution is 0.0872. The minimum atomic E-state index is -0.554. The number of nitrogens with one attached hydrogen (secondary N) is 2. The maximum absolute atomic E-state index is 11.5. The Morgan fingerprint density at radius 1 is 1.24 bits per heavy atom. The molecule has 0 aromatic heterocycles. The van der Waals surface area contributed by atoms with Crippen LogP contribution in [0.2, 0.25) is 0 Å². The van der Waals surface area contributed by atoms with Crippen molar-refractivity contribution in [1.29, 1.82) is 0 Å². The van der Waals surface area contributed by atoms with Gasteiger partial charge in [0.15, 0.2) is 0 Å². The van der Waals surface area contributed by atoms with E-state index < -0.39 is 6.09 Å². The Hall–Kier alpha value is -2.08. The zero-order chi connectivity index (χ0) is 12.7. The standard InChI is InChI=1S/C11H14N2O4/c1-12-11(15)17-9-5-3-8(4-6-9)10(14)13-7-16-2/h3-6H,7H2,1-2H3,(H,12,15)(H,13,14). The highest BCUT2D eigenvalue weighted by Crippen LogP contribution is 2.12. The van der Waals surface area contributed by atoms with Gasteiger partial charge in [-0.25, -0.2) is 4.79 Å². The van der Waals surface area contributed by atoms with Crippen molar-refractivity contribution in [2.45, 2.75) is 0 Å². The van der Waals surface area contributed by atoms with Gasteiger partial charge in [0.1, 0.15) is 12.5 Å². The monoisotopic (exact) mass is 238 g/mol. The lowest BCUT2D eigenvalue weighted by atomic mass is 10.2. The number of benzene rings is 1. The van der Waals surface area contributed by atoms with Crippen LogP contribution in [0.5, 0.6) is 5.75 Å². The molecule has 0 spiro atoms. The summed E-state index contributed by atoms with van der Waals surface area (Å²) in [7, 11) is 2.95. The van der Waals surface area contributed by atoms with E-state index in [4.69, 9.17) is 9.47 Å². The molecule has 6 nitrogen and oxygen atoms in total. The molecule has 1 aromatic carbocycles. The molecule has 0 saturated carbocycles. The molecule has 0 heterocycles. The van der Waals surface area contributed by atoms with Crippen molar-refractivity contribution >= 4 is 12.0 Å². The molecule has 0 fully saturated rings. The van der Waals surface area contributed by atoms with Gasteiger partial charge in [0.2, 0.25) is 0 Å². The van der Waals surface area contributed by atoms with E-state index in [2.05, 4.69) is 10.6 Å². The fourth-order valence-electron chi connectivity index (χ4n) is 1.07. The van der Waals surface area contributed by atoms with Gasteiger partial charge in [-0.05, 0) is 24.3 Å². The van der Waals surface area contributed by atoms with Gasteiger partial charge >= 0.3 is 6.09 Å². The van der Waals surface area contributed by atoms with Crippen molar-refractivity contribution in [3.05, 3.63) is 29.8 Å². The summed E-state index contributed by atoms with van der Waals surface area (Å²) in [5, 5.41) is 4.86. The zero-order valence-electron chi connectivity index (χ0n) is 9.65. The zero-order valence-corrected chi connectivity index (χ0v) is 9.65. The number of rotatable bonds is 4. The predicted octanol–water partition coefficient (Wildman–Crippen LogP) is 0.738. The topological polar surface area (TPSA) is 76.7 Å². The summed E-state index contributed by atoms with van der Waals surface area (Å²) in [5.41, 5.74) is 0.464. The molecule has 17 heavy (non-hydrogen) atoms. The highest BCUT2D eigenvalue weighted by molar-refractivity contribution is 5.94. The van der Waals surface area contributed by atoms with Crippen molar-refractivity contribution in [2.24, 2.45) is 0 Å². The van der Waals surface area contributed by atoms with Crippen LogP contribution in [-0.2, 0) is 4.74 Å². The van der Waals surface area contributed by atoms with E-state index in [0.717, 1.165) is 0 Å². The molecule has 0 aliphatic carbocycles. The first-order chi connectivity index (χ1) is 8.17. The number of amides is 2. The minimum Gasteiger partial charge on any atom is -0.410 e. The Morgan fingerprint density at radius 3 is 2.41 bits per heavy atom. The third kappa shape index (κ3) is 4.12. The Kier molecular flexibility index (Phi) is 4.96. The number of carbonyl (C=O) groups is 2. The molecule has 92 valence electrons. The summed E-state index contributed by atoms with van der Waals surface area (Å²) in [4.78, 5) is 22.4. The van der Waals surface area contributed by atoms with E-state index in [9.17, 15) is 9.59 Å². The van der Waals surface area contributed by atoms with Crippen LogP contribution in [0.4, 0.5) is 4.79 Å². The van der Waals surface area contributed by atoms with E-state index in [0.29, 0.717) is 11.3 Å². The fraction of sp³-hybridized carbons (Fsp3) is 0.273. The number of hydrogen-bond donors (Lipinski definition) is 2. The first-order valence-electron chi connectivity index (χ1n) is 4.94. The largest absolute Gasteiger partial charge is 0.412 e. The van der Waals surface area contributed by atoms with Gasteiger partial charge < -0.3 is 20.1 Å². The molecule has 0 unspecified atom stereocenters. The second-order valence-electron chi connectivity index (χ2n) is 3.10. The van der Waals surface area contributed by atoms with Crippen LogP contribution in [0.1, 0.15) is 10.4 Å². The number of carbonyl (C=O) groups excluding carboxylic acids is 2. The summed E-state index contributed by atoms with van der Waals surface area (Å²) in [6, 6.07) is 6.19. The fourth-order valence-corrected chi connectivity index (χ4v) is 1.07. The van der Waals surface area contributed by atoms with Crippen molar-refractivity contribution < 1.29 is 19.1 Å². The predicted molar refractivity (Wildman–Crippen MR) is 60.9 cm³/mol. The summed E-state index contributed by atoms with van der Waals surface area (Å²) < 4.78 is 9.59. The first-order valence-corrected chi connectivity index (χ1v) is 4.94. The smallest absolute Gasteiger partial charge is 0.410 e. The summed E-state index contributed by atoms with van der Waals surface area (Å²) in [5.74, 6) is 0.117. The summed E-state index contributed by atoms with van der Waals surface area (Å²) in [6.45, 7) is 0.148. The summed E-state index contributed by atoms with van der Waals surface area (Å²) in [6.07, 6.45) is -0.554. The van der Waals surface area contributed by atoms with Crippen LogP contribution in [0, 0.1) is 0 Å². The molecule has 2 amide bonds. The van der Waals surface area contributed by atoms with Gasteiger partial charge in [0.25, 0.3) is 5.91 Å². The molecular formula is C11H14N2O4. The SMILES string of the molecule is CNC(=O)Oc1ccc(C(=O)NCOC)cc1. The lowest BCUT2D eigenvalue weighted by Crippen LogP contribution is -2.25. The molecule has 0 aliphatic heterocycles. The molecule has 0 atom stereocenters. The Morgan fingerprint density at radius 2 is 1.88 bits per heavy atom. The van der Waals surface area contributed by atoms with Crippen LogP contribution in [-0.4, -0.2) is 32.9 Å². The lowest BCUT2D eigenvalue weighted by Gasteiger charge is -2.05. The van der Waals surface area contributed by atoms with Crippen molar-refractivity contribution in [2.75, 3.05) is 20.9 Å². The van der Waals surface area contributed by atoms with Gasteiger partial charge in [0.05, 0.1) is 0 Å². The van der Waals surface area contributed by atoms with E-state index in [1.54, 1.807) is 12.1 Å². The van der Waals surface area contributed by atoms with Crippen LogP contribution in [0.15, 0.2) is 24.3 Å². The average molecular weight is 238 g/mol. The molecule has 2 N–H and O–H groups in total. The third-order valence-electron chi connectivity index (χ3n) is 1.91. The second-order valence-corrected chi connectivity index (χ2v) is 3.10. The first kappa shape index (κ1) is 13.0. The van der Waals surface area contributed by atoms with Gasteiger partial charge in [-0.3, -0.25) is 4.79 Å². The summed E-state index contributed by atoms with van der Waals surface area (Å²) >= 11 is 0. The van der Waals surface area contributed by atoms with Gasteiger partial charge in [-0.2, -0.15) is 0 Å². The third-order valence-corrected chi connectivity index (χ3v) is 1.91. The Labute approximate surface area is 98.9 Å². The molecule has 0 radical (unpaired) electrons. The van der Waals surface area contributed by atoms with Gasteiger partial charge in [-0.15, -0.1) is 0 Å². The maximum Gasteiger partial charge on any atom is 0.412 e. The molecule has 1 rings (SSSR count). The quantitative estimate of drug-likeness (QED) is 0.758. The molecule has 0 aliphatic rings. The molecule has 6 heteroatoms. The van der Waals surface area contributed by atoms with E-state index >= 15 is 0 Å². The normalized spacial score (nSPS) is 9.53. The van der Waals surface area contributed by atoms with Crippen molar-refractivity contribution in [3.8, 4) is 5.75 Å². The molecule has 0 saturated heterocycles. The number of methoxy groups -OCH3 is 1. The second kappa shape index (κ2) is 6.49. The molecule has 0 bridgehead atoms. The van der Waals surface area contributed by atoms with Crippen molar-refractivity contribution in [1.82, 2.24) is 10.6 Å². The van der Waals surface area contributed by atoms with E-state index in [-0.39, 0.29) is 12.6 Å². The van der Waals surface area contributed by atoms with Crippen LogP contribution < -0.4 is 15.4 Å². The number of hydrogen-bond acceptors (Lipinski definition) is 4. The van der Waals surface area contributed by atoms with Crippen LogP contribution in [0.3, 0.4) is 0 Å². The minimum absolute atomic E-state index is 0.148. The van der Waals surface area contributed by atoms with Crippen LogP contribution >= 0.6 is 0 Å². The number of ether oxygens (including phenoxy) is 2. The van der Waals surface area contributed by atoms with Crippen LogP contribution in [0.25, 0.3) is 0 Å². The highest BCUT2D eigenvalue weighted by Gasteiger charge is 2.06. The average Bonchev–Trinajstić information content (AvgIpc) is 2.36. The van der Waals surface area contributed by atoms with Crippen molar-refractivity contribution in [3.63, 3.8) is 0 Å². The highest BCUT2D eigenvalue weighted by atomic mass is 16.5. The van der Waals surface area contributed by atoms with E-state index in [1.165, 1.54) is 26.3 Å². The van der Waals surface area contributed by atoms with Gasteiger partial charge in [-0.1, -0.05) is 0 Å². The van der Waals surface area contributed by atoms with E-state index in [1.807, 2.05) is 0 Å². The molecule has 1 aromatic rings. The Balaban J connectivity index is 2.61. The molecular weight excluding hydrogens is 224 g/mol. The Bertz CT molecular complexity index is 389. The maximum atomic E-state index is 11.5.